The zero-order valence-corrected chi connectivity index (χ0v) is 42.5. The molecule has 0 heterocycles. The average Bonchev–Trinajstić information content (AvgIpc) is 3.40. The van der Waals surface area contributed by atoms with Gasteiger partial charge in [-0.05, 0) is 84.0 Å². The van der Waals surface area contributed by atoms with E-state index in [1.54, 1.807) is 0 Å². The number of carbonyl (C=O) groups excluding carboxylic acids is 6. The molecule has 6 N–H and O–H groups in total. The van der Waals surface area contributed by atoms with Crippen molar-refractivity contribution in [2.24, 2.45) is 17.8 Å². The zero-order chi connectivity index (χ0) is 51.6. The molecule has 4 rings (SSSR count). The minimum Gasteiger partial charge on any atom is -0.354 e. The summed E-state index contributed by atoms with van der Waals surface area (Å²) in [6.07, 6.45) is 14.8. The first-order chi connectivity index (χ1) is 35.1. The number of benzene rings is 3. The predicted molar refractivity (Wildman–Crippen MR) is 283 cm³/mol. The molecule has 382 valence electrons. The van der Waals surface area contributed by atoms with Crippen LogP contribution >= 0.6 is 0 Å². The molecule has 12 nitrogen and oxygen atoms in total. The summed E-state index contributed by atoms with van der Waals surface area (Å²) in [6, 6.07) is 25.2. The molecule has 0 saturated heterocycles. The summed E-state index contributed by atoms with van der Waals surface area (Å²) >= 11 is 0. The van der Waals surface area contributed by atoms with Crippen LogP contribution in [0.25, 0.3) is 0 Å². The number of carbonyl (C=O) groups is 6. The van der Waals surface area contributed by atoms with Crippen molar-refractivity contribution in [3.05, 3.63) is 155 Å². The Hall–Kier alpha value is -7.10. The summed E-state index contributed by atoms with van der Waals surface area (Å²) in [5.74, 6) is -5.24. The molecule has 3 aromatic rings. The lowest BCUT2D eigenvalue weighted by Crippen LogP contribution is -2.54. The fourth-order valence-electron chi connectivity index (χ4n) is 8.87. The highest BCUT2D eigenvalue weighted by atomic mass is 16.2. The Labute approximate surface area is 427 Å². The van der Waals surface area contributed by atoms with Gasteiger partial charge in [0.15, 0.2) is 0 Å². The van der Waals surface area contributed by atoms with Crippen LogP contribution < -0.4 is 31.9 Å². The second kappa shape index (κ2) is 34.3. The molecule has 1 aliphatic rings. The summed E-state index contributed by atoms with van der Waals surface area (Å²) in [5, 5.41) is 17.7. The molecule has 72 heavy (non-hydrogen) atoms. The molecular weight excluding hydrogens is 901 g/mol. The van der Waals surface area contributed by atoms with Gasteiger partial charge in [-0.15, -0.1) is 0 Å². The molecule has 6 atom stereocenters. The standard InChI is InChI=1S/C60H76N6O6/c1-4-7-10-13-16-28-37-61-58(70)52(40-46-31-22-19-23-32-46)64-55(67)49-43-50(56(68)65-53(41-47-33-24-20-25-34-47)59(71)62-38-29-17-14-11-8-5-2)45-51(44-49)57(69)66-54(42-48-35-26-21-27-36-48)60(72)63-39-30-18-15-12-9-6-3/h19-27,31-37,49-54H,1,5-6,8-9,11-12,14-15,17-18,29-30,38-45H2,2-3H3,(H,61,70)(H,62,71)(H,63,72)(H,64,67)(H,65,68)(H,66,69)/t49-,50+,51-,52?,53-,54-/m0/s1. The van der Waals surface area contributed by atoms with Gasteiger partial charge in [-0.1, -0.05) is 175 Å². The lowest BCUT2D eigenvalue weighted by molar-refractivity contribution is -0.139. The Balaban J connectivity index is 1.62. The molecule has 0 spiro atoms. The van der Waals surface area contributed by atoms with Crippen molar-refractivity contribution < 1.29 is 28.8 Å². The van der Waals surface area contributed by atoms with E-state index in [1.165, 1.54) is 19.0 Å². The molecule has 0 aliphatic heterocycles. The molecule has 1 fully saturated rings. The number of hydrogen-bond donors (Lipinski definition) is 6. The Morgan fingerprint density at radius 3 is 1.21 bits per heavy atom. The topological polar surface area (TPSA) is 175 Å². The highest BCUT2D eigenvalue weighted by Crippen LogP contribution is 2.35. The smallest absolute Gasteiger partial charge is 0.247 e. The maximum atomic E-state index is 14.6. The predicted octanol–water partition coefficient (Wildman–Crippen LogP) is 8.35. The van der Waals surface area contributed by atoms with E-state index in [0.29, 0.717) is 13.1 Å². The van der Waals surface area contributed by atoms with Gasteiger partial charge in [0.1, 0.15) is 18.1 Å². The van der Waals surface area contributed by atoms with E-state index in [0.717, 1.165) is 80.9 Å². The number of nitrogens with one attached hydrogen (secondary N) is 6. The maximum absolute atomic E-state index is 14.6. The summed E-state index contributed by atoms with van der Waals surface area (Å²) in [4.78, 5) is 85.2. The van der Waals surface area contributed by atoms with Gasteiger partial charge in [0.25, 0.3) is 0 Å². The van der Waals surface area contributed by atoms with Gasteiger partial charge < -0.3 is 31.9 Å². The molecule has 1 aliphatic carbocycles. The first-order valence-electron chi connectivity index (χ1n) is 26.1. The van der Waals surface area contributed by atoms with Gasteiger partial charge in [0.05, 0.1) is 6.20 Å². The van der Waals surface area contributed by atoms with Gasteiger partial charge in [-0.2, -0.15) is 0 Å². The van der Waals surface area contributed by atoms with E-state index in [2.05, 4.69) is 86.7 Å². The second-order valence-electron chi connectivity index (χ2n) is 18.6. The third-order valence-corrected chi connectivity index (χ3v) is 12.9. The van der Waals surface area contributed by atoms with Crippen LogP contribution in [0, 0.1) is 17.8 Å². The van der Waals surface area contributed by atoms with E-state index in [1.807, 2.05) is 91.0 Å². The molecule has 0 aromatic heterocycles. The Kier molecular flexibility index (Phi) is 27.4. The average molecular weight is 977 g/mol. The van der Waals surface area contributed by atoms with Gasteiger partial charge in [-0.3, -0.25) is 28.8 Å². The Bertz CT molecular complexity index is 2310. The van der Waals surface area contributed by atoms with Crippen LogP contribution in [-0.2, 0) is 48.0 Å². The normalized spacial score (nSPS) is 15.9. The van der Waals surface area contributed by atoms with Crippen molar-refractivity contribution in [3.63, 3.8) is 0 Å². The summed E-state index contributed by atoms with van der Waals surface area (Å²) < 4.78 is 0. The molecule has 6 amide bonds. The molecule has 1 unspecified atom stereocenters. The molecule has 0 radical (unpaired) electrons. The monoisotopic (exact) mass is 977 g/mol. The highest BCUT2D eigenvalue weighted by molar-refractivity contribution is 5.93. The number of amides is 6. The third kappa shape index (κ3) is 22.3. The quantitative estimate of drug-likeness (QED) is 0.0289. The molecular formula is C60H76N6O6. The number of hydrogen-bond acceptors (Lipinski definition) is 6. The van der Waals surface area contributed by atoms with Gasteiger partial charge in [0, 0.05) is 50.1 Å². The first-order valence-corrected chi connectivity index (χ1v) is 26.1. The van der Waals surface area contributed by atoms with E-state index in [4.69, 9.17) is 0 Å². The maximum Gasteiger partial charge on any atom is 0.247 e. The van der Waals surface area contributed by atoms with Gasteiger partial charge >= 0.3 is 0 Å². The fraction of sp³-hybridized carbons (Fsp3) is 0.467. The minimum atomic E-state index is -1.06. The van der Waals surface area contributed by atoms with Gasteiger partial charge in [0.2, 0.25) is 35.4 Å². The number of unbranched alkanes of at least 4 members (excludes halogenated alkanes) is 10. The van der Waals surface area contributed by atoms with Crippen LogP contribution in [0.15, 0.2) is 138 Å². The van der Waals surface area contributed by atoms with Crippen molar-refractivity contribution in [2.45, 2.75) is 148 Å². The number of rotatable bonds is 30. The van der Waals surface area contributed by atoms with Crippen LogP contribution in [0.3, 0.4) is 0 Å². The molecule has 12 heteroatoms. The minimum absolute atomic E-state index is 0.0528. The summed E-state index contributed by atoms with van der Waals surface area (Å²) in [7, 11) is 0. The Morgan fingerprint density at radius 2 is 0.833 bits per heavy atom. The van der Waals surface area contributed by atoms with Crippen molar-refractivity contribution >= 4 is 35.4 Å². The van der Waals surface area contributed by atoms with Crippen LogP contribution in [-0.4, -0.2) is 66.7 Å². The second-order valence-corrected chi connectivity index (χ2v) is 18.6. The van der Waals surface area contributed by atoms with Crippen LogP contribution in [0.1, 0.15) is 127 Å². The first kappa shape index (κ1) is 57.5. The fourth-order valence-corrected chi connectivity index (χ4v) is 8.87. The largest absolute Gasteiger partial charge is 0.354 e. The van der Waals surface area contributed by atoms with Crippen molar-refractivity contribution in [1.82, 2.24) is 31.9 Å². The Morgan fingerprint density at radius 1 is 0.486 bits per heavy atom. The zero-order valence-electron chi connectivity index (χ0n) is 42.5. The molecule has 3 aromatic carbocycles. The van der Waals surface area contributed by atoms with E-state index in [9.17, 15) is 28.8 Å². The van der Waals surface area contributed by atoms with Crippen LogP contribution in [0.2, 0.25) is 0 Å². The molecule has 0 bridgehead atoms. The highest BCUT2D eigenvalue weighted by Gasteiger charge is 2.41. The van der Waals surface area contributed by atoms with Crippen LogP contribution in [0.5, 0.6) is 0 Å². The van der Waals surface area contributed by atoms with E-state index < -0.39 is 59.5 Å². The van der Waals surface area contributed by atoms with Crippen molar-refractivity contribution in [2.75, 3.05) is 13.1 Å². The SMILES string of the molecule is C=C=C=C=C=C=C=CNC(=O)C(Cc1ccccc1)NC(=O)[C@H]1C[C@@H](C(=O)N[C@@H](Cc2ccccc2)C(=O)NCCCCCCCC)C[C@@H](C(=O)N[C@@H](Cc2ccccc2)C(=O)NCCCCCCCC)C1. The van der Waals surface area contributed by atoms with Crippen molar-refractivity contribution in [1.29, 1.82) is 0 Å². The third-order valence-electron chi connectivity index (χ3n) is 12.9. The van der Waals surface area contributed by atoms with Gasteiger partial charge in [-0.25, -0.2) is 0 Å². The van der Waals surface area contributed by atoms with E-state index >= 15 is 0 Å². The lowest BCUT2D eigenvalue weighted by atomic mass is 9.73. The van der Waals surface area contributed by atoms with Crippen LogP contribution in [0.4, 0.5) is 0 Å². The van der Waals surface area contributed by atoms with E-state index in [-0.39, 0.29) is 50.3 Å². The molecule has 1 saturated carbocycles. The summed E-state index contributed by atoms with van der Waals surface area (Å²) in [6.45, 7) is 8.69. The summed E-state index contributed by atoms with van der Waals surface area (Å²) in [5.41, 5.74) is 17.7. The van der Waals surface area contributed by atoms with Crippen molar-refractivity contribution in [3.8, 4) is 0 Å². The lowest BCUT2D eigenvalue weighted by Gasteiger charge is -2.35.